The molecule has 0 N–H and O–H groups in total. The fraction of sp³-hybridized carbons (Fsp3) is 0.190. The zero-order chi connectivity index (χ0) is 20.3. The predicted molar refractivity (Wildman–Crippen MR) is 105 cm³/mol. The summed E-state index contributed by atoms with van der Waals surface area (Å²) < 4.78 is 11.6. The molecular weight excluding hydrogens is 358 g/mol. The molecule has 144 valence electrons. The molecule has 0 atom stereocenters. The van der Waals surface area contributed by atoms with Gasteiger partial charge >= 0.3 is 11.9 Å². The van der Waals surface area contributed by atoms with Crippen molar-refractivity contribution in [3.63, 3.8) is 0 Å². The average Bonchev–Trinajstić information content (AvgIpc) is 2.91. The molecule has 2 heterocycles. The number of methoxy groups -OCH3 is 2. The van der Waals surface area contributed by atoms with Crippen molar-refractivity contribution in [1.82, 2.24) is 9.78 Å². The van der Waals surface area contributed by atoms with E-state index < -0.39 is 11.9 Å². The van der Waals surface area contributed by atoms with E-state index in [2.05, 4.69) is 5.10 Å². The number of benzene rings is 1. The first kappa shape index (κ1) is 19.2. The first-order valence-electron chi connectivity index (χ1n) is 8.65. The molecule has 0 aliphatic carbocycles. The number of ether oxygens (including phenoxy) is 2. The van der Waals surface area contributed by atoms with Gasteiger partial charge in [-0.15, -0.1) is 0 Å². The largest absolute Gasteiger partial charge is 0.465 e. The number of carbonyl (C=O) groups excluding carboxylic acids is 2. The van der Waals surface area contributed by atoms with Gasteiger partial charge in [-0.1, -0.05) is 18.2 Å². The Bertz CT molecular complexity index is 1010. The Labute approximate surface area is 163 Å². The fourth-order valence-electron chi connectivity index (χ4n) is 3.07. The van der Waals surface area contributed by atoms with Crippen LogP contribution in [-0.4, -0.2) is 35.9 Å². The van der Waals surface area contributed by atoms with Crippen molar-refractivity contribution in [1.29, 1.82) is 0 Å². The van der Waals surface area contributed by atoms with Crippen LogP contribution in [0, 0.1) is 13.8 Å². The van der Waals surface area contributed by atoms with Gasteiger partial charge in [-0.05, 0) is 44.2 Å². The highest BCUT2D eigenvalue weighted by Crippen LogP contribution is 2.31. The number of allylic oxidation sites excluding steroid dienone is 2. The van der Waals surface area contributed by atoms with Crippen LogP contribution in [-0.2, 0) is 19.1 Å². The molecule has 7 heteroatoms. The second-order valence-electron chi connectivity index (χ2n) is 6.14. The SMILES string of the molecule is COC(=O)C1=C(C(=O)OC)N(c2ccccc2-n2nc(C)cc2C)C=CC=C1. The molecule has 1 aromatic carbocycles. The van der Waals surface area contributed by atoms with Crippen molar-refractivity contribution in [2.75, 3.05) is 19.1 Å². The van der Waals surface area contributed by atoms with Crippen LogP contribution in [0.4, 0.5) is 5.69 Å². The van der Waals surface area contributed by atoms with Crippen molar-refractivity contribution in [3.05, 3.63) is 77.4 Å². The summed E-state index contributed by atoms with van der Waals surface area (Å²) in [5, 5.41) is 4.55. The van der Waals surface area contributed by atoms with E-state index in [0.717, 1.165) is 17.1 Å². The van der Waals surface area contributed by atoms with E-state index in [-0.39, 0.29) is 11.3 Å². The third-order valence-corrected chi connectivity index (χ3v) is 4.27. The maximum absolute atomic E-state index is 12.6. The summed E-state index contributed by atoms with van der Waals surface area (Å²) >= 11 is 0. The molecule has 0 spiro atoms. The van der Waals surface area contributed by atoms with Crippen molar-refractivity contribution >= 4 is 17.6 Å². The van der Waals surface area contributed by atoms with Crippen LogP contribution in [0.3, 0.4) is 0 Å². The minimum Gasteiger partial charge on any atom is -0.465 e. The number of para-hydroxylation sites is 2. The van der Waals surface area contributed by atoms with Crippen LogP contribution in [0.25, 0.3) is 5.69 Å². The van der Waals surface area contributed by atoms with Gasteiger partial charge in [0, 0.05) is 11.9 Å². The lowest BCUT2D eigenvalue weighted by atomic mass is 10.1. The van der Waals surface area contributed by atoms with Crippen molar-refractivity contribution in [3.8, 4) is 5.69 Å². The average molecular weight is 379 g/mol. The standard InChI is InChI=1S/C21H21N3O4/c1-14-13-15(2)24(22-14)18-11-6-5-10-17(18)23-12-8-7-9-16(20(25)27-3)19(23)21(26)28-4/h5-13H,1-4H3. The number of hydrogen-bond donors (Lipinski definition) is 0. The van der Waals surface area contributed by atoms with E-state index in [1.807, 2.05) is 44.2 Å². The van der Waals surface area contributed by atoms with Gasteiger partial charge in [-0.2, -0.15) is 5.10 Å². The van der Waals surface area contributed by atoms with E-state index in [1.165, 1.54) is 20.3 Å². The van der Waals surface area contributed by atoms with Gasteiger partial charge in [0.2, 0.25) is 0 Å². The Kier molecular flexibility index (Phi) is 5.44. The summed E-state index contributed by atoms with van der Waals surface area (Å²) in [7, 11) is 2.54. The Morgan fingerprint density at radius 2 is 1.64 bits per heavy atom. The number of aromatic nitrogens is 2. The molecule has 1 aliphatic rings. The molecule has 1 aromatic heterocycles. The third kappa shape index (κ3) is 3.46. The molecule has 3 rings (SSSR count). The van der Waals surface area contributed by atoms with Crippen LogP contribution in [0.15, 0.2) is 66.0 Å². The van der Waals surface area contributed by atoms with Gasteiger partial charge in [0.05, 0.1) is 36.9 Å². The van der Waals surface area contributed by atoms with Crippen molar-refractivity contribution in [2.45, 2.75) is 13.8 Å². The van der Waals surface area contributed by atoms with E-state index in [9.17, 15) is 9.59 Å². The molecule has 7 nitrogen and oxygen atoms in total. The van der Waals surface area contributed by atoms with E-state index in [4.69, 9.17) is 9.47 Å². The summed E-state index contributed by atoms with van der Waals surface area (Å²) in [5.74, 6) is -1.28. The number of aryl methyl sites for hydroxylation is 2. The van der Waals surface area contributed by atoms with Crippen molar-refractivity contribution in [2.24, 2.45) is 0 Å². The smallest absolute Gasteiger partial charge is 0.355 e. The van der Waals surface area contributed by atoms with Gasteiger partial charge in [0.25, 0.3) is 0 Å². The highest BCUT2D eigenvalue weighted by atomic mass is 16.5. The van der Waals surface area contributed by atoms with Crippen LogP contribution in [0.5, 0.6) is 0 Å². The molecular formula is C21H21N3O4. The number of carbonyl (C=O) groups is 2. The number of esters is 2. The summed E-state index contributed by atoms with van der Waals surface area (Å²) in [6.07, 6.45) is 6.63. The maximum atomic E-state index is 12.6. The van der Waals surface area contributed by atoms with Gasteiger partial charge in [-0.3, -0.25) is 0 Å². The fourth-order valence-corrected chi connectivity index (χ4v) is 3.07. The lowest BCUT2D eigenvalue weighted by Gasteiger charge is -2.25. The van der Waals surface area contributed by atoms with Crippen LogP contribution < -0.4 is 4.90 Å². The van der Waals surface area contributed by atoms with Gasteiger partial charge in [-0.25, -0.2) is 14.3 Å². The number of rotatable bonds is 4. The molecule has 2 aromatic rings. The number of nitrogens with zero attached hydrogens (tertiary/aromatic N) is 3. The third-order valence-electron chi connectivity index (χ3n) is 4.27. The predicted octanol–water partition coefficient (Wildman–Crippen LogP) is 2.98. The summed E-state index contributed by atoms with van der Waals surface area (Å²) in [6, 6.07) is 9.45. The lowest BCUT2D eigenvalue weighted by Crippen LogP contribution is -2.27. The molecule has 0 radical (unpaired) electrons. The Morgan fingerprint density at radius 1 is 0.964 bits per heavy atom. The second-order valence-corrected chi connectivity index (χ2v) is 6.14. The van der Waals surface area contributed by atoms with Gasteiger partial charge in [0.1, 0.15) is 5.70 Å². The Balaban J connectivity index is 2.26. The minimum absolute atomic E-state index is 0.0633. The zero-order valence-corrected chi connectivity index (χ0v) is 16.2. The summed E-state index contributed by atoms with van der Waals surface area (Å²) in [5.41, 5.74) is 3.40. The lowest BCUT2D eigenvalue weighted by molar-refractivity contribution is -0.139. The second kappa shape index (κ2) is 7.96. The Morgan fingerprint density at radius 3 is 2.25 bits per heavy atom. The number of hydrogen-bond acceptors (Lipinski definition) is 6. The minimum atomic E-state index is -0.653. The molecule has 0 saturated heterocycles. The molecule has 1 aliphatic heterocycles. The van der Waals surface area contributed by atoms with Gasteiger partial charge < -0.3 is 14.4 Å². The number of anilines is 1. The Hall–Kier alpha value is -3.61. The molecule has 28 heavy (non-hydrogen) atoms. The van der Waals surface area contributed by atoms with Gasteiger partial charge in [0.15, 0.2) is 0 Å². The monoisotopic (exact) mass is 379 g/mol. The topological polar surface area (TPSA) is 73.7 Å². The van der Waals surface area contributed by atoms with Crippen LogP contribution in [0.1, 0.15) is 11.4 Å². The summed E-state index contributed by atoms with van der Waals surface area (Å²) in [4.78, 5) is 26.6. The van der Waals surface area contributed by atoms with Crippen LogP contribution >= 0.6 is 0 Å². The highest BCUT2D eigenvalue weighted by Gasteiger charge is 2.29. The molecule has 0 fully saturated rings. The first-order valence-corrected chi connectivity index (χ1v) is 8.65. The van der Waals surface area contributed by atoms with E-state index in [0.29, 0.717) is 5.69 Å². The summed E-state index contributed by atoms with van der Waals surface area (Å²) in [6.45, 7) is 3.87. The molecule has 0 saturated carbocycles. The zero-order valence-electron chi connectivity index (χ0n) is 16.2. The van der Waals surface area contributed by atoms with E-state index in [1.54, 1.807) is 27.9 Å². The molecule has 0 unspecified atom stereocenters. The van der Waals surface area contributed by atoms with Crippen molar-refractivity contribution < 1.29 is 19.1 Å². The highest BCUT2D eigenvalue weighted by molar-refractivity contribution is 6.05. The van der Waals surface area contributed by atoms with Crippen LogP contribution in [0.2, 0.25) is 0 Å². The quantitative estimate of drug-likeness (QED) is 0.761. The first-order chi connectivity index (χ1) is 13.5. The maximum Gasteiger partial charge on any atom is 0.355 e. The van der Waals surface area contributed by atoms with E-state index >= 15 is 0 Å². The normalized spacial score (nSPS) is 13.5. The molecule has 0 amide bonds. The molecule has 0 bridgehead atoms.